The predicted octanol–water partition coefficient (Wildman–Crippen LogP) is -0.225. The third-order valence-corrected chi connectivity index (χ3v) is 3.55. The summed E-state index contributed by atoms with van der Waals surface area (Å²) in [6.07, 6.45) is 2.92. The first-order valence-corrected chi connectivity index (χ1v) is 5.89. The second-order valence-electron chi connectivity index (χ2n) is 4.57. The van der Waals surface area contributed by atoms with Gasteiger partial charge >= 0.3 is 0 Å². The number of amides is 1. The van der Waals surface area contributed by atoms with Gasteiger partial charge in [0.05, 0.1) is 6.04 Å². The van der Waals surface area contributed by atoms with E-state index >= 15 is 0 Å². The van der Waals surface area contributed by atoms with Crippen molar-refractivity contribution in [1.82, 2.24) is 15.3 Å². The van der Waals surface area contributed by atoms with Gasteiger partial charge in [0.25, 0.3) is 5.91 Å². The van der Waals surface area contributed by atoms with Crippen LogP contribution in [0.4, 0.5) is 0 Å². The van der Waals surface area contributed by atoms with Crippen molar-refractivity contribution in [1.29, 1.82) is 0 Å². The highest BCUT2D eigenvalue weighted by Crippen LogP contribution is 2.24. The second kappa shape index (κ2) is 4.51. The quantitative estimate of drug-likeness (QED) is 0.670. The van der Waals surface area contributed by atoms with Gasteiger partial charge in [-0.2, -0.15) is 0 Å². The summed E-state index contributed by atoms with van der Waals surface area (Å²) < 4.78 is 0. The maximum absolute atomic E-state index is 12.2. The molecule has 1 amide bonds. The number of ketones is 1. The van der Waals surface area contributed by atoms with Crippen LogP contribution in [-0.2, 0) is 9.59 Å². The van der Waals surface area contributed by atoms with Crippen LogP contribution in [0, 0.1) is 0 Å². The normalized spacial score (nSPS) is 32.5. The van der Waals surface area contributed by atoms with Crippen LogP contribution in [0.15, 0.2) is 0 Å². The fourth-order valence-corrected chi connectivity index (χ4v) is 2.60. The van der Waals surface area contributed by atoms with Crippen LogP contribution in [0.25, 0.3) is 0 Å². The summed E-state index contributed by atoms with van der Waals surface area (Å²) in [6, 6.07) is -0.431. The van der Waals surface area contributed by atoms with E-state index in [0.717, 1.165) is 19.4 Å². The maximum Gasteiger partial charge on any atom is 0.254 e. The molecule has 0 radical (unpaired) electrons. The first kappa shape index (κ1) is 11.5. The number of fused-ring (bicyclic) bond motifs is 1. The predicted molar refractivity (Wildman–Crippen MR) is 59.6 cm³/mol. The van der Waals surface area contributed by atoms with E-state index in [4.69, 9.17) is 0 Å². The number of hydrogen-bond donors (Lipinski definition) is 1. The van der Waals surface area contributed by atoms with Crippen LogP contribution in [0.2, 0.25) is 0 Å². The van der Waals surface area contributed by atoms with Gasteiger partial charge in [-0.25, -0.2) is 5.01 Å². The molecule has 0 aromatic carbocycles. The number of Topliss-reactive ketones (excluding diaryl/α,β-unsaturated/α-hetero) is 1. The molecular weight excluding hydrogens is 206 g/mol. The summed E-state index contributed by atoms with van der Waals surface area (Å²) in [5.74, 6) is 0.248. The van der Waals surface area contributed by atoms with Gasteiger partial charge in [-0.15, -0.1) is 0 Å². The molecule has 2 aliphatic rings. The van der Waals surface area contributed by atoms with Crippen LogP contribution in [-0.4, -0.2) is 54.4 Å². The van der Waals surface area contributed by atoms with E-state index in [1.165, 1.54) is 0 Å². The Morgan fingerprint density at radius 1 is 1.31 bits per heavy atom. The molecule has 2 fully saturated rings. The molecule has 0 bridgehead atoms. The Morgan fingerprint density at radius 3 is 2.75 bits per heavy atom. The van der Waals surface area contributed by atoms with Crippen molar-refractivity contribution in [3.8, 4) is 0 Å². The molecule has 0 saturated carbocycles. The van der Waals surface area contributed by atoms with E-state index < -0.39 is 0 Å². The molecule has 0 aromatic rings. The van der Waals surface area contributed by atoms with Gasteiger partial charge in [0.15, 0.2) is 5.78 Å². The lowest BCUT2D eigenvalue weighted by atomic mass is 10.0. The van der Waals surface area contributed by atoms with E-state index in [-0.39, 0.29) is 23.8 Å². The summed E-state index contributed by atoms with van der Waals surface area (Å²) >= 11 is 0. The van der Waals surface area contributed by atoms with Crippen molar-refractivity contribution >= 4 is 11.7 Å². The van der Waals surface area contributed by atoms with Crippen molar-refractivity contribution in [3.63, 3.8) is 0 Å². The first-order valence-electron chi connectivity index (χ1n) is 5.89. The molecule has 0 unspecified atom stereocenters. The van der Waals surface area contributed by atoms with E-state index in [1.54, 1.807) is 12.1 Å². The molecule has 16 heavy (non-hydrogen) atoms. The molecule has 90 valence electrons. The highest BCUT2D eigenvalue weighted by atomic mass is 16.2. The molecule has 2 rings (SSSR count). The van der Waals surface area contributed by atoms with Crippen molar-refractivity contribution in [2.75, 3.05) is 20.6 Å². The van der Waals surface area contributed by atoms with Crippen molar-refractivity contribution in [3.05, 3.63) is 0 Å². The average molecular weight is 225 g/mol. The molecule has 2 heterocycles. The summed E-state index contributed by atoms with van der Waals surface area (Å²) in [7, 11) is 3.66. The molecule has 0 aromatic heterocycles. The number of rotatable bonds is 1. The molecule has 0 spiro atoms. The second-order valence-corrected chi connectivity index (χ2v) is 4.57. The minimum Gasteiger partial charge on any atom is -0.309 e. The number of nitrogens with zero attached hydrogens (tertiary/aromatic N) is 2. The third-order valence-electron chi connectivity index (χ3n) is 3.55. The minimum atomic E-state index is -0.218. The Morgan fingerprint density at radius 2 is 2.06 bits per heavy atom. The Labute approximate surface area is 95.7 Å². The number of hydrogen-bond acceptors (Lipinski definition) is 4. The number of nitrogens with one attached hydrogen (secondary N) is 1. The van der Waals surface area contributed by atoms with Gasteiger partial charge in [-0.05, 0) is 26.3 Å². The van der Waals surface area contributed by atoms with E-state index in [9.17, 15) is 9.59 Å². The summed E-state index contributed by atoms with van der Waals surface area (Å²) in [6.45, 7) is 0.853. The molecule has 0 aliphatic carbocycles. The summed E-state index contributed by atoms with van der Waals surface area (Å²) in [5.41, 5.74) is 0. The van der Waals surface area contributed by atoms with Gasteiger partial charge in [0.1, 0.15) is 6.04 Å². The highest BCUT2D eigenvalue weighted by molar-refractivity contribution is 5.93. The lowest BCUT2D eigenvalue weighted by Crippen LogP contribution is -2.58. The Balaban J connectivity index is 2.27. The van der Waals surface area contributed by atoms with Crippen LogP contribution in [0.5, 0.6) is 0 Å². The first-order chi connectivity index (χ1) is 7.65. The van der Waals surface area contributed by atoms with Gasteiger partial charge < -0.3 is 5.32 Å². The van der Waals surface area contributed by atoms with E-state index in [2.05, 4.69) is 5.32 Å². The zero-order valence-electron chi connectivity index (χ0n) is 9.90. The smallest absolute Gasteiger partial charge is 0.254 e. The number of carbonyl (C=O) groups is 2. The zero-order valence-corrected chi connectivity index (χ0v) is 9.90. The number of carbonyl (C=O) groups excluding carboxylic acids is 2. The zero-order chi connectivity index (χ0) is 11.7. The van der Waals surface area contributed by atoms with Gasteiger partial charge in [0.2, 0.25) is 0 Å². The lowest BCUT2D eigenvalue weighted by molar-refractivity contribution is -0.162. The molecule has 1 N–H and O–H groups in total. The largest absolute Gasteiger partial charge is 0.309 e. The third kappa shape index (κ3) is 1.85. The van der Waals surface area contributed by atoms with Crippen LogP contribution >= 0.6 is 0 Å². The molecule has 5 nitrogen and oxygen atoms in total. The van der Waals surface area contributed by atoms with Gasteiger partial charge in [-0.3, -0.25) is 14.6 Å². The average Bonchev–Trinajstić information content (AvgIpc) is 2.39. The van der Waals surface area contributed by atoms with Crippen LogP contribution in [0.1, 0.15) is 25.7 Å². The molecule has 2 aliphatic heterocycles. The van der Waals surface area contributed by atoms with Crippen LogP contribution < -0.4 is 5.32 Å². The minimum absolute atomic E-state index is 0.0422. The van der Waals surface area contributed by atoms with Crippen molar-refractivity contribution in [2.45, 2.75) is 37.8 Å². The fraction of sp³-hybridized carbons (Fsp3) is 0.818. The Hall–Kier alpha value is -0.940. The number of hydrazine groups is 1. The Kier molecular flexibility index (Phi) is 3.25. The maximum atomic E-state index is 12.2. The fourth-order valence-electron chi connectivity index (χ4n) is 2.60. The lowest BCUT2D eigenvalue weighted by Gasteiger charge is -2.41. The summed E-state index contributed by atoms with van der Waals surface area (Å²) in [5, 5.41) is 6.56. The van der Waals surface area contributed by atoms with Crippen LogP contribution in [0.3, 0.4) is 0 Å². The molecular formula is C11H19N3O2. The SMILES string of the molecule is CN[C@H]1CCC(=O)[C@H]2CCCN(C)N2C1=O. The highest BCUT2D eigenvalue weighted by Gasteiger charge is 2.40. The van der Waals surface area contributed by atoms with Gasteiger partial charge in [0, 0.05) is 20.0 Å². The van der Waals surface area contributed by atoms with Crippen molar-refractivity contribution < 1.29 is 9.59 Å². The number of likely N-dealkylation sites (N-methyl/N-ethyl adjacent to an activating group) is 1. The van der Waals surface area contributed by atoms with E-state index in [1.807, 2.05) is 12.1 Å². The van der Waals surface area contributed by atoms with Gasteiger partial charge in [-0.1, -0.05) is 0 Å². The van der Waals surface area contributed by atoms with Crippen molar-refractivity contribution in [2.24, 2.45) is 0 Å². The standard InChI is InChI=1S/C11H19N3O2/c1-12-8-5-6-10(15)9-4-3-7-13(2)14(9)11(8)16/h8-9,12H,3-7H2,1-2H3/t8-,9+/m0/s1. The molecule has 5 heteroatoms. The topological polar surface area (TPSA) is 52.7 Å². The Bertz CT molecular complexity index is 306. The molecule has 2 saturated heterocycles. The monoisotopic (exact) mass is 225 g/mol. The van der Waals surface area contributed by atoms with E-state index in [0.29, 0.717) is 12.8 Å². The summed E-state index contributed by atoms with van der Waals surface area (Å²) in [4.78, 5) is 24.2. The molecule has 2 atom stereocenters.